The molecule has 80 valence electrons. The van der Waals surface area contributed by atoms with Gasteiger partial charge in [-0.2, -0.15) is 0 Å². The minimum Gasteiger partial charge on any atom is -0.397 e. The Labute approximate surface area is 93.8 Å². The molecule has 0 radical (unpaired) electrons. The highest BCUT2D eigenvalue weighted by atomic mass is 35.5. The Hall–Kier alpha value is -1.22. The summed E-state index contributed by atoms with van der Waals surface area (Å²) in [5, 5.41) is 0.609. The maximum atomic E-state index is 11.7. The lowest BCUT2D eigenvalue weighted by molar-refractivity contribution is -0.119. The van der Waals surface area contributed by atoms with Crippen molar-refractivity contribution >= 4 is 28.9 Å². The van der Waals surface area contributed by atoms with Crippen molar-refractivity contribution in [3.8, 4) is 0 Å². The van der Waals surface area contributed by atoms with Crippen LogP contribution in [-0.2, 0) is 4.79 Å². The van der Waals surface area contributed by atoms with Gasteiger partial charge in [-0.1, -0.05) is 11.6 Å². The Kier molecular flexibility index (Phi) is 2.82. The molecule has 1 aliphatic rings. The van der Waals surface area contributed by atoms with E-state index in [1.807, 2.05) is 0 Å². The minimum atomic E-state index is 0.134. The third kappa shape index (κ3) is 2.07. The Balaban J connectivity index is 2.34. The van der Waals surface area contributed by atoms with Crippen LogP contribution in [0.3, 0.4) is 0 Å². The second kappa shape index (κ2) is 4.11. The average molecular weight is 225 g/mol. The number of piperidine rings is 1. The summed E-state index contributed by atoms with van der Waals surface area (Å²) < 4.78 is 0. The molecule has 1 heterocycles. The van der Waals surface area contributed by atoms with Gasteiger partial charge >= 0.3 is 0 Å². The van der Waals surface area contributed by atoms with E-state index < -0.39 is 0 Å². The lowest BCUT2D eigenvalue weighted by atomic mass is 10.1. The molecule has 0 aromatic heterocycles. The zero-order valence-corrected chi connectivity index (χ0v) is 9.13. The molecule has 15 heavy (non-hydrogen) atoms. The van der Waals surface area contributed by atoms with Crippen LogP contribution in [0.15, 0.2) is 18.2 Å². The predicted octanol–water partition coefficient (Wildman–Crippen LogP) is 2.44. The van der Waals surface area contributed by atoms with Crippen molar-refractivity contribution in [1.82, 2.24) is 0 Å². The van der Waals surface area contributed by atoms with Gasteiger partial charge < -0.3 is 10.6 Å². The van der Waals surface area contributed by atoms with E-state index in [1.54, 1.807) is 23.1 Å². The molecule has 1 saturated heterocycles. The van der Waals surface area contributed by atoms with E-state index in [4.69, 9.17) is 17.3 Å². The van der Waals surface area contributed by atoms with Gasteiger partial charge in [0.1, 0.15) is 0 Å². The molecular formula is C11H13ClN2O. The lowest BCUT2D eigenvalue weighted by Gasteiger charge is -2.27. The number of carbonyl (C=O) groups is 1. The first-order valence-corrected chi connectivity index (χ1v) is 5.41. The van der Waals surface area contributed by atoms with Gasteiger partial charge in [0.15, 0.2) is 0 Å². The molecule has 1 aromatic rings. The van der Waals surface area contributed by atoms with Gasteiger partial charge in [-0.25, -0.2) is 0 Å². The van der Waals surface area contributed by atoms with Crippen LogP contribution in [0.4, 0.5) is 11.4 Å². The number of nitrogens with zero attached hydrogens (tertiary/aromatic N) is 1. The van der Waals surface area contributed by atoms with Gasteiger partial charge in [0.2, 0.25) is 5.91 Å². The SMILES string of the molecule is Nc1ccc(Cl)cc1N1CCCCC1=O. The number of amides is 1. The highest BCUT2D eigenvalue weighted by Crippen LogP contribution is 2.29. The Morgan fingerprint density at radius 2 is 2.13 bits per heavy atom. The third-order valence-corrected chi connectivity index (χ3v) is 2.84. The molecule has 0 saturated carbocycles. The second-order valence-corrected chi connectivity index (χ2v) is 4.14. The molecule has 1 amide bonds. The van der Waals surface area contributed by atoms with Gasteiger partial charge in [-0.15, -0.1) is 0 Å². The Bertz CT molecular complexity index is 392. The van der Waals surface area contributed by atoms with Crippen LogP contribution in [-0.4, -0.2) is 12.5 Å². The van der Waals surface area contributed by atoms with Gasteiger partial charge in [0.25, 0.3) is 0 Å². The fourth-order valence-electron chi connectivity index (χ4n) is 1.81. The first-order valence-electron chi connectivity index (χ1n) is 5.04. The third-order valence-electron chi connectivity index (χ3n) is 2.61. The summed E-state index contributed by atoms with van der Waals surface area (Å²) in [5.41, 5.74) is 7.18. The van der Waals surface area contributed by atoms with E-state index in [9.17, 15) is 4.79 Å². The summed E-state index contributed by atoms with van der Waals surface area (Å²) in [6, 6.07) is 5.22. The van der Waals surface area contributed by atoms with Crippen molar-refractivity contribution in [2.24, 2.45) is 0 Å². The highest BCUT2D eigenvalue weighted by molar-refractivity contribution is 6.31. The zero-order valence-electron chi connectivity index (χ0n) is 8.37. The summed E-state index contributed by atoms with van der Waals surface area (Å²) in [5.74, 6) is 0.134. The molecule has 1 aliphatic heterocycles. The van der Waals surface area contributed by atoms with Crippen molar-refractivity contribution in [2.45, 2.75) is 19.3 Å². The van der Waals surface area contributed by atoms with Crippen LogP contribution in [0.5, 0.6) is 0 Å². The molecule has 0 atom stereocenters. The van der Waals surface area contributed by atoms with Crippen LogP contribution in [0, 0.1) is 0 Å². The van der Waals surface area contributed by atoms with E-state index in [0.717, 1.165) is 25.1 Å². The van der Waals surface area contributed by atoms with E-state index in [-0.39, 0.29) is 5.91 Å². The molecule has 1 aromatic carbocycles. The number of hydrogen-bond donors (Lipinski definition) is 1. The molecule has 0 bridgehead atoms. The molecule has 0 spiro atoms. The Morgan fingerprint density at radius 3 is 2.87 bits per heavy atom. The number of carbonyl (C=O) groups excluding carboxylic acids is 1. The summed E-state index contributed by atoms with van der Waals surface area (Å²) in [4.78, 5) is 13.4. The fourth-order valence-corrected chi connectivity index (χ4v) is 1.98. The fraction of sp³-hybridized carbons (Fsp3) is 0.364. The lowest BCUT2D eigenvalue weighted by Crippen LogP contribution is -2.35. The number of nitrogens with two attached hydrogens (primary N) is 1. The summed E-state index contributed by atoms with van der Waals surface area (Å²) in [6.07, 6.45) is 2.60. The molecule has 4 heteroatoms. The second-order valence-electron chi connectivity index (χ2n) is 3.71. The molecule has 3 nitrogen and oxygen atoms in total. The van der Waals surface area contributed by atoms with Crippen LogP contribution in [0.25, 0.3) is 0 Å². The van der Waals surface area contributed by atoms with Gasteiger partial charge in [-0.05, 0) is 31.0 Å². The van der Waals surface area contributed by atoms with Crippen molar-refractivity contribution in [2.75, 3.05) is 17.2 Å². The average Bonchev–Trinajstić information content (AvgIpc) is 2.23. The van der Waals surface area contributed by atoms with Crippen LogP contribution in [0.1, 0.15) is 19.3 Å². The number of rotatable bonds is 1. The van der Waals surface area contributed by atoms with E-state index in [2.05, 4.69) is 0 Å². The van der Waals surface area contributed by atoms with Crippen molar-refractivity contribution in [3.05, 3.63) is 23.2 Å². The maximum absolute atomic E-state index is 11.7. The first kappa shape index (κ1) is 10.3. The van der Waals surface area contributed by atoms with Gasteiger partial charge in [-0.3, -0.25) is 4.79 Å². The number of benzene rings is 1. The number of hydrogen-bond acceptors (Lipinski definition) is 2. The maximum Gasteiger partial charge on any atom is 0.227 e. The van der Waals surface area contributed by atoms with Crippen LogP contribution >= 0.6 is 11.6 Å². The summed E-state index contributed by atoms with van der Waals surface area (Å²) in [6.45, 7) is 0.739. The van der Waals surface area contributed by atoms with E-state index >= 15 is 0 Å². The smallest absolute Gasteiger partial charge is 0.227 e. The predicted molar refractivity (Wildman–Crippen MR) is 62.1 cm³/mol. The standard InChI is InChI=1S/C11H13ClN2O/c12-8-4-5-9(13)10(7-8)14-6-2-1-3-11(14)15/h4-5,7H,1-3,6,13H2. The minimum absolute atomic E-state index is 0.134. The monoisotopic (exact) mass is 224 g/mol. The van der Waals surface area contributed by atoms with Gasteiger partial charge in [0, 0.05) is 18.0 Å². The van der Waals surface area contributed by atoms with Crippen LogP contribution < -0.4 is 10.6 Å². The van der Waals surface area contributed by atoms with Crippen molar-refractivity contribution in [3.63, 3.8) is 0 Å². The largest absolute Gasteiger partial charge is 0.397 e. The summed E-state index contributed by atoms with van der Waals surface area (Å²) >= 11 is 5.89. The topological polar surface area (TPSA) is 46.3 Å². The molecule has 1 fully saturated rings. The van der Waals surface area contributed by atoms with E-state index in [0.29, 0.717) is 17.1 Å². The number of anilines is 2. The zero-order chi connectivity index (χ0) is 10.8. The van der Waals surface area contributed by atoms with E-state index in [1.165, 1.54) is 0 Å². The molecule has 2 rings (SSSR count). The van der Waals surface area contributed by atoms with Gasteiger partial charge in [0.05, 0.1) is 11.4 Å². The molecular weight excluding hydrogens is 212 g/mol. The first-order chi connectivity index (χ1) is 7.18. The molecule has 0 unspecified atom stereocenters. The molecule has 0 aliphatic carbocycles. The highest BCUT2D eigenvalue weighted by Gasteiger charge is 2.21. The summed E-state index contributed by atoms with van der Waals surface area (Å²) in [7, 11) is 0. The number of halogens is 1. The van der Waals surface area contributed by atoms with Crippen LogP contribution in [0.2, 0.25) is 5.02 Å². The normalized spacial score (nSPS) is 16.9. The number of nitrogen functional groups attached to an aromatic ring is 1. The molecule has 2 N–H and O–H groups in total. The Morgan fingerprint density at radius 1 is 1.33 bits per heavy atom. The van der Waals surface area contributed by atoms with Crippen molar-refractivity contribution in [1.29, 1.82) is 0 Å². The quantitative estimate of drug-likeness (QED) is 0.745. The van der Waals surface area contributed by atoms with Crippen molar-refractivity contribution < 1.29 is 4.79 Å².